The summed E-state index contributed by atoms with van der Waals surface area (Å²) in [6.07, 6.45) is 2.70. The van der Waals surface area contributed by atoms with Gasteiger partial charge in [0, 0.05) is 26.1 Å². The molecule has 0 aliphatic carbocycles. The summed E-state index contributed by atoms with van der Waals surface area (Å²) in [6, 6.07) is 0. The number of carbonyl (C=O) groups is 1. The van der Waals surface area contributed by atoms with Crippen molar-refractivity contribution >= 4 is 5.91 Å². The Balaban J connectivity index is 0. The minimum absolute atomic E-state index is 0.0972. The first-order valence-electron chi connectivity index (χ1n) is 8.49. The number of nitrogens with zero attached hydrogens (tertiary/aromatic N) is 1. The second-order valence-corrected chi connectivity index (χ2v) is 5.76. The number of nitrogens with one attached hydrogen (secondary N) is 1. The van der Waals surface area contributed by atoms with Crippen LogP contribution in [-0.2, 0) is 9.53 Å². The minimum Gasteiger partial charge on any atom is -0.379 e. The van der Waals surface area contributed by atoms with E-state index in [4.69, 9.17) is 4.74 Å². The van der Waals surface area contributed by atoms with E-state index >= 15 is 0 Å². The van der Waals surface area contributed by atoms with E-state index in [9.17, 15) is 4.79 Å². The number of ether oxygens (including phenoxy) is 1. The molecular weight excluding hydrogens is 264 g/mol. The molecule has 0 saturated carbocycles. The standard InChI is InChI=1S/C10H21NO.C5H11NO.C2H6/c1-10(2)4-3-5-11-6-8-12-9-7-11;1-4(2)5(7)6-3;1-2/h10H,3-9H2,1-2H3;4H,1-3H3,(H,6,7);1-2H3. The maximum absolute atomic E-state index is 10.4. The average molecular weight is 303 g/mol. The summed E-state index contributed by atoms with van der Waals surface area (Å²) in [4.78, 5) is 12.9. The smallest absolute Gasteiger partial charge is 0.222 e. The van der Waals surface area contributed by atoms with Gasteiger partial charge in [-0.25, -0.2) is 0 Å². The maximum atomic E-state index is 10.4. The summed E-state index contributed by atoms with van der Waals surface area (Å²) >= 11 is 0. The van der Waals surface area contributed by atoms with Crippen LogP contribution in [-0.4, -0.2) is 50.7 Å². The summed E-state index contributed by atoms with van der Waals surface area (Å²) in [5, 5.41) is 2.53. The fourth-order valence-corrected chi connectivity index (χ4v) is 1.84. The highest BCUT2D eigenvalue weighted by Crippen LogP contribution is 2.05. The lowest BCUT2D eigenvalue weighted by atomic mass is 10.1. The fourth-order valence-electron chi connectivity index (χ4n) is 1.84. The number of morpholine rings is 1. The number of hydrogen-bond acceptors (Lipinski definition) is 3. The third-order valence-corrected chi connectivity index (χ3v) is 3.13. The van der Waals surface area contributed by atoms with Crippen LogP contribution in [0.25, 0.3) is 0 Å². The van der Waals surface area contributed by atoms with E-state index in [0.29, 0.717) is 0 Å². The van der Waals surface area contributed by atoms with Gasteiger partial charge in [0.2, 0.25) is 5.91 Å². The molecule has 128 valence electrons. The predicted octanol–water partition coefficient (Wildman–Crippen LogP) is 3.17. The highest BCUT2D eigenvalue weighted by molar-refractivity contribution is 5.77. The van der Waals surface area contributed by atoms with E-state index in [-0.39, 0.29) is 11.8 Å². The van der Waals surface area contributed by atoms with Gasteiger partial charge in [-0.05, 0) is 25.3 Å². The van der Waals surface area contributed by atoms with E-state index in [2.05, 4.69) is 24.1 Å². The first-order chi connectivity index (χ1) is 9.97. The molecule has 0 radical (unpaired) electrons. The summed E-state index contributed by atoms with van der Waals surface area (Å²) in [5.41, 5.74) is 0. The number of rotatable bonds is 5. The van der Waals surface area contributed by atoms with Crippen LogP contribution in [0.15, 0.2) is 0 Å². The van der Waals surface area contributed by atoms with Crippen LogP contribution in [0.2, 0.25) is 0 Å². The number of hydrogen-bond donors (Lipinski definition) is 1. The highest BCUT2D eigenvalue weighted by atomic mass is 16.5. The van der Waals surface area contributed by atoms with Gasteiger partial charge in [0.05, 0.1) is 13.2 Å². The topological polar surface area (TPSA) is 41.6 Å². The van der Waals surface area contributed by atoms with Crippen molar-refractivity contribution in [2.45, 2.75) is 54.4 Å². The van der Waals surface area contributed by atoms with Crippen LogP contribution in [0.4, 0.5) is 0 Å². The Morgan fingerprint density at radius 2 is 1.67 bits per heavy atom. The zero-order chi connectivity index (χ0) is 16.7. The van der Waals surface area contributed by atoms with E-state index in [0.717, 1.165) is 32.2 Å². The second kappa shape index (κ2) is 15.8. The van der Waals surface area contributed by atoms with Gasteiger partial charge in [-0.3, -0.25) is 9.69 Å². The molecular formula is C17H38N2O2. The molecule has 1 aliphatic heterocycles. The zero-order valence-electron chi connectivity index (χ0n) is 15.4. The van der Waals surface area contributed by atoms with Gasteiger partial charge in [0.1, 0.15) is 0 Å². The van der Waals surface area contributed by atoms with Crippen LogP contribution in [0.3, 0.4) is 0 Å². The lowest BCUT2D eigenvalue weighted by molar-refractivity contribution is -0.123. The molecule has 0 aromatic carbocycles. The molecule has 0 atom stereocenters. The first kappa shape index (κ1) is 22.7. The molecule has 1 rings (SSSR count). The van der Waals surface area contributed by atoms with Gasteiger partial charge in [-0.1, -0.05) is 41.5 Å². The summed E-state index contributed by atoms with van der Waals surface area (Å²) in [5.74, 6) is 1.07. The molecule has 0 bridgehead atoms. The van der Waals surface area contributed by atoms with Gasteiger partial charge in [0.25, 0.3) is 0 Å². The van der Waals surface area contributed by atoms with Crippen molar-refractivity contribution in [3.63, 3.8) is 0 Å². The molecule has 4 heteroatoms. The Hall–Kier alpha value is -0.610. The summed E-state index contributed by atoms with van der Waals surface area (Å²) in [7, 11) is 1.64. The van der Waals surface area contributed by atoms with Crippen molar-refractivity contribution in [3.05, 3.63) is 0 Å². The molecule has 21 heavy (non-hydrogen) atoms. The van der Waals surface area contributed by atoms with Gasteiger partial charge in [-0.15, -0.1) is 0 Å². The third kappa shape index (κ3) is 15.6. The van der Waals surface area contributed by atoms with Crippen molar-refractivity contribution in [1.82, 2.24) is 10.2 Å². The summed E-state index contributed by atoms with van der Waals surface area (Å²) < 4.78 is 5.29. The Labute approximate surface area is 132 Å². The molecule has 1 saturated heterocycles. The Kier molecular flexibility index (Phi) is 17.0. The van der Waals surface area contributed by atoms with E-state index in [1.807, 2.05) is 27.7 Å². The molecule has 1 N–H and O–H groups in total. The van der Waals surface area contributed by atoms with Crippen molar-refractivity contribution in [2.75, 3.05) is 39.9 Å². The zero-order valence-corrected chi connectivity index (χ0v) is 15.4. The van der Waals surface area contributed by atoms with Crippen LogP contribution in [0.1, 0.15) is 54.4 Å². The quantitative estimate of drug-likeness (QED) is 0.848. The van der Waals surface area contributed by atoms with Crippen LogP contribution in [0, 0.1) is 11.8 Å². The molecule has 0 spiro atoms. The van der Waals surface area contributed by atoms with Crippen molar-refractivity contribution in [2.24, 2.45) is 11.8 Å². The van der Waals surface area contributed by atoms with Crippen molar-refractivity contribution in [3.8, 4) is 0 Å². The lowest BCUT2D eigenvalue weighted by Crippen LogP contribution is -2.36. The van der Waals surface area contributed by atoms with Crippen LogP contribution < -0.4 is 5.32 Å². The van der Waals surface area contributed by atoms with Gasteiger partial charge in [-0.2, -0.15) is 0 Å². The highest BCUT2D eigenvalue weighted by Gasteiger charge is 2.09. The summed E-state index contributed by atoms with van der Waals surface area (Å²) in [6.45, 7) is 17.7. The first-order valence-corrected chi connectivity index (χ1v) is 8.49. The number of amides is 1. The molecule has 1 amide bonds. The minimum atomic E-state index is 0.0972. The Morgan fingerprint density at radius 3 is 2.00 bits per heavy atom. The van der Waals surface area contributed by atoms with E-state index in [1.54, 1.807) is 7.05 Å². The monoisotopic (exact) mass is 302 g/mol. The predicted molar refractivity (Wildman–Crippen MR) is 91.6 cm³/mol. The second-order valence-electron chi connectivity index (χ2n) is 5.76. The van der Waals surface area contributed by atoms with E-state index < -0.39 is 0 Å². The molecule has 0 aromatic rings. The van der Waals surface area contributed by atoms with Gasteiger partial charge in [0.15, 0.2) is 0 Å². The molecule has 4 nitrogen and oxygen atoms in total. The molecule has 1 heterocycles. The largest absolute Gasteiger partial charge is 0.379 e. The Bertz CT molecular complexity index is 225. The molecule has 1 aliphatic rings. The Morgan fingerprint density at radius 1 is 1.14 bits per heavy atom. The molecule has 0 aromatic heterocycles. The van der Waals surface area contributed by atoms with E-state index in [1.165, 1.54) is 19.4 Å². The third-order valence-electron chi connectivity index (χ3n) is 3.13. The van der Waals surface area contributed by atoms with Crippen LogP contribution in [0.5, 0.6) is 0 Å². The van der Waals surface area contributed by atoms with Crippen LogP contribution >= 0.6 is 0 Å². The SMILES string of the molecule is CC.CC(C)CCCN1CCOCC1.CNC(=O)C(C)C. The normalized spacial score (nSPS) is 14.9. The lowest BCUT2D eigenvalue weighted by Gasteiger charge is -2.26. The molecule has 1 fully saturated rings. The van der Waals surface area contributed by atoms with Gasteiger partial charge < -0.3 is 10.1 Å². The van der Waals surface area contributed by atoms with Crippen molar-refractivity contribution < 1.29 is 9.53 Å². The fraction of sp³-hybridized carbons (Fsp3) is 0.941. The van der Waals surface area contributed by atoms with Crippen molar-refractivity contribution in [1.29, 1.82) is 0 Å². The average Bonchev–Trinajstić information content (AvgIpc) is 2.49. The maximum Gasteiger partial charge on any atom is 0.222 e. The number of carbonyl (C=O) groups excluding carboxylic acids is 1. The molecule has 0 unspecified atom stereocenters. The van der Waals surface area contributed by atoms with Gasteiger partial charge >= 0.3 is 0 Å².